The number of nitrogens with zero attached hydrogens (tertiary/aromatic N) is 1. The van der Waals surface area contributed by atoms with Gasteiger partial charge in [-0.25, -0.2) is 13.1 Å². The van der Waals surface area contributed by atoms with Crippen molar-refractivity contribution in [1.29, 1.82) is 0 Å². The van der Waals surface area contributed by atoms with E-state index in [2.05, 4.69) is 16.5 Å². The summed E-state index contributed by atoms with van der Waals surface area (Å²) in [6.45, 7) is 7.25. The average molecular weight is 338 g/mol. The van der Waals surface area contributed by atoms with Crippen molar-refractivity contribution in [2.45, 2.75) is 38.0 Å². The summed E-state index contributed by atoms with van der Waals surface area (Å²) >= 11 is 0. The molecule has 0 radical (unpaired) electrons. The second-order valence-electron chi connectivity index (χ2n) is 6.36. The summed E-state index contributed by atoms with van der Waals surface area (Å²) in [5.74, 6) is 0.666. The highest BCUT2D eigenvalue weighted by Gasteiger charge is 2.17. The van der Waals surface area contributed by atoms with Crippen LogP contribution in [0.1, 0.15) is 43.5 Å². The summed E-state index contributed by atoms with van der Waals surface area (Å²) in [5, 5.41) is 0. The van der Waals surface area contributed by atoms with Crippen LogP contribution in [0.3, 0.4) is 0 Å². The molecular formula is C17H26N2O3S. The van der Waals surface area contributed by atoms with E-state index < -0.39 is 10.0 Å². The van der Waals surface area contributed by atoms with Gasteiger partial charge in [0.1, 0.15) is 0 Å². The standard InChI is InChI=1S/C17H26N2O3S/c1-14-7-11-19(12-8-14)10-4-9-18-23(21,22)17-6-3-5-16(13-17)15(2)20/h3,5-6,13-14,18H,4,7-12H2,1-2H3. The summed E-state index contributed by atoms with van der Waals surface area (Å²) in [4.78, 5) is 13.9. The van der Waals surface area contributed by atoms with Crippen molar-refractivity contribution in [3.63, 3.8) is 0 Å². The van der Waals surface area contributed by atoms with Crippen LogP contribution in [-0.4, -0.2) is 45.3 Å². The van der Waals surface area contributed by atoms with Crippen LogP contribution in [0.2, 0.25) is 0 Å². The van der Waals surface area contributed by atoms with E-state index in [4.69, 9.17) is 0 Å². The molecule has 0 unspecified atom stereocenters. The Morgan fingerprint density at radius 3 is 2.65 bits per heavy atom. The van der Waals surface area contributed by atoms with E-state index in [0.717, 1.165) is 32.0 Å². The maximum Gasteiger partial charge on any atom is 0.240 e. The second-order valence-corrected chi connectivity index (χ2v) is 8.13. The Labute approximate surface area is 139 Å². The fraction of sp³-hybridized carbons (Fsp3) is 0.588. The Bertz CT molecular complexity index is 635. The quantitative estimate of drug-likeness (QED) is 0.612. The lowest BCUT2D eigenvalue weighted by Crippen LogP contribution is -2.35. The molecular weight excluding hydrogens is 312 g/mol. The first-order valence-electron chi connectivity index (χ1n) is 8.21. The van der Waals surface area contributed by atoms with E-state index in [0.29, 0.717) is 12.1 Å². The lowest BCUT2D eigenvalue weighted by molar-refractivity contribution is 0.101. The van der Waals surface area contributed by atoms with E-state index in [1.165, 1.54) is 31.9 Å². The molecule has 1 saturated heterocycles. The van der Waals surface area contributed by atoms with Crippen LogP contribution >= 0.6 is 0 Å². The summed E-state index contributed by atoms with van der Waals surface area (Å²) in [6.07, 6.45) is 3.24. The number of sulfonamides is 1. The summed E-state index contributed by atoms with van der Waals surface area (Å²) < 4.78 is 27.2. The van der Waals surface area contributed by atoms with Gasteiger partial charge in [0, 0.05) is 12.1 Å². The SMILES string of the molecule is CC(=O)c1cccc(S(=O)(=O)NCCCN2CCC(C)CC2)c1. The number of benzene rings is 1. The first kappa shape index (κ1) is 18.1. The molecule has 1 aliphatic rings. The Morgan fingerprint density at radius 1 is 1.30 bits per heavy atom. The second kappa shape index (κ2) is 8.04. The lowest BCUT2D eigenvalue weighted by atomic mass is 9.99. The maximum atomic E-state index is 12.3. The molecule has 6 heteroatoms. The molecule has 1 N–H and O–H groups in total. The van der Waals surface area contributed by atoms with Crippen LogP contribution in [0.25, 0.3) is 0 Å². The molecule has 0 aromatic heterocycles. The van der Waals surface area contributed by atoms with Gasteiger partial charge >= 0.3 is 0 Å². The van der Waals surface area contributed by atoms with Gasteiger partial charge in [-0.15, -0.1) is 0 Å². The van der Waals surface area contributed by atoms with Crippen molar-refractivity contribution in [2.75, 3.05) is 26.2 Å². The first-order chi connectivity index (χ1) is 10.9. The van der Waals surface area contributed by atoms with E-state index in [9.17, 15) is 13.2 Å². The van der Waals surface area contributed by atoms with Crippen LogP contribution in [0.4, 0.5) is 0 Å². The Balaban J connectivity index is 1.82. The average Bonchev–Trinajstić information content (AvgIpc) is 2.53. The van der Waals surface area contributed by atoms with Crippen LogP contribution in [0.15, 0.2) is 29.2 Å². The lowest BCUT2D eigenvalue weighted by Gasteiger charge is -2.30. The van der Waals surface area contributed by atoms with E-state index in [1.54, 1.807) is 12.1 Å². The molecule has 2 rings (SSSR count). The largest absolute Gasteiger partial charge is 0.303 e. The van der Waals surface area contributed by atoms with Gasteiger partial charge in [-0.3, -0.25) is 4.79 Å². The van der Waals surface area contributed by atoms with Gasteiger partial charge in [0.2, 0.25) is 10.0 Å². The zero-order valence-electron chi connectivity index (χ0n) is 13.9. The van der Waals surface area contributed by atoms with Crippen molar-refractivity contribution in [3.05, 3.63) is 29.8 Å². The van der Waals surface area contributed by atoms with E-state index >= 15 is 0 Å². The number of carbonyl (C=O) groups is 1. The normalized spacial score (nSPS) is 17.3. The van der Waals surface area contributed by atoms with Gasteiger partial charge in [-0.05, 0) is 63.9 Å². The molecule has 1 heterocycles. The molecule has 0 amide bonds. The van der Waals surface area contributed by atoms with Gasteiger partial charge in [0.05, 0.1) is 4.90 Å². The number of hydrogen-bond donors (Lipinski definition) is 1. The van der Waals surface area contributed by atoms with Gasteiger partial charge in [0.25, 0.3) is 0 Å². The highest BCUT2D eigenvalue weighted by Crippen LogP contribution is 2.16. The van der Waals surface area contributed by atoms with Gasteiger partial charge in [-0.2, -0.15) is 0 Å². The number of rotatable bonds is 7. The van der Waals surface area contributed by atoms with E-state index in [1.807, 2.05) is 0 Å². The smallest absolute Gasteiger partial charge is 0.240 e. The van der Waals surface area contributed by atoms with Gasteiger partial charge in [0.15, 0.2) is 5.78 Å². The highest BCUT2D eigenvalue weighted by molar-refractivity contribution is 7.89. The zero-order valence-corrected chi connectivity index (χ0v) is 14.7. The third-order valence-electron chi connectivity index (χ3n) is 4.37. The Hall–Kier alpha value is -1.24. The third-order valence-corrected chi connectivity index (χ3v) is 5.83. The number of carbonyl (C=O) groups excluding carboxylic acids is 1. The molecule has 0 atom stereocenters. The number of ketones is 1. The molecule has 23 heavy (non-hydrogen) atoms. The molecule has 1 aromatic rings. The zero-order chi connectivity index (χ0) is 16.9. The predicted molar refractivity (Wildman–Crippen MR) is 91.1 cm³/mol. The van der Waals surface area contributed by atoms with Gasteiger partial charge < -0.3 is 4.90 Å². The van der Waals surface area contributed by atoms with Crippen LogP contribution < -0.4 is 4.72 Å². The molecule has 5 nitrogen and oxygen atoms in total. The van der Waals surface area contributed by atoms with Crippen molar-refractivity contribution < 1.29 is 13.2 Å². The summed E-state index contributed by atoms with van der Waals surface area (Å²) in [7, 11) is -3.55. The molecule has 0 aliphatic carbocycles. The van der Waals surface area contributed by atoms with Crippen molar-refractivity contribution in [2.24, 2.45) is 5.92 Å². The molecule has 128 valence electrons. The predicted octanol–water partition coefficient (Wildman–Crippen LogP) is 2.29. The molecule has 1 aliphatic heterocycles. The minimum Gasteiger partial charge on any atom is -0.303 e. The molecule has 1 fully saturated rings. The maximum absolute atomic E-state index is 12.3. The number of nitrogens with one attached hydrogen (secondary N) is 1. The number of Topliss-reactive ketones (excluding diaryl/α,β-unsaturated/α-hetero) is 1. The van der Waals surface area contributed by atoms with E-state index in [-0.39, 0.29) is 10.7 Å². The van der Waals surface area contributed by atoms with Crippen molar-refractivity contribution >= 4 is 15.8 Å². The highest BCUT2D eigenvalue weighted by atomic mass is 32.2. The Kier molecular flexibility index (Phi) is 6.33. The van der Waals surface area contributed by atoms with Crippen LogP contribution in [0, 0.1) is 5.92 Å². The molecule has 0 spiro atoms. The Morgan fingerprint density at radius 2 is 2.00 bits per heavy atom. The monoisotopic (exact) mass is 338 g/mol. The number of hydrogen-bond acceptors (Lipinski definition) is 4. The summed E-state index contributed by atoms with van der Waals surface area (Å²) in [6, 6.07) is 6.16. The van der Waals surface area contributed by atoms with Crippen LogP contribution in [0.5, 0.6) is 0 Å². The molecule has 0 saturated carbocycles. The van der Waals surface area contributed by atoms with Gasteiger partial charge in [-0.1, -0.05) is 19.1 Å². The van der Waals surface area contributed by atoms with Crippen molar-refractivity contribution in [3.8, 4) is 0 Å². The summed E-state index contributed by atoms with van der Waals surface area (Å²) in [5.41, 5.74) is 0.412. The fourth-order valence-corrected chi connectivity index (χ4v) is 3.88. The van der Waals surface area contributed by atoms with Crippen LogP contribution in [-0.2, 0) is 10.0 Å². The molecule has 1 aromatic carbocycles. The number of piperidine rings is 1. The fourth-order valence-electron chi connectivity index (χ4n) is 2.76. The van der Waals surface area contributed by atoms with Crippen molar-refractivity contribution in [1.82, 2.24) is 9.62 Å². The number of likely N-dealkylation sites (tertiary alicyclic amines) is 1. The first-order valence-corrected chi connectivity index (χ1v) is 9.70. The minimum absolute atomic E-state index is 0.138. The topological polar surface area (TPSA) is 66.5 Å². The molecule has 0 bridgehead atoms. The third kappa shape index (κ3) is 5.41. The minimum atomic E-state index is -3.55.